The molecule has 3 rings (SSSR count). The highest BCUT2D eigenvalue weighted by molar-refractivity contribution is 9.10. The molecule has 0 aliphatic rings. The van der Waals surface area contributed by atoms with Crippen molar-refractivity contribution in [1.82, 2.24) is 10.2 Å². The van der Waals surface area contributed by atoms with E-state index in [9.17, 15) is 18.0 Å². The van der Waals surface area contributed by atoms with Crippen LogP contribution in [0.1, 0.15) is 31.9 Å². The molecular weight excluding hydrogens is 637 g/mol. The minimum absolute atomic E-state index is 0.0417. The number of rotatable bonds is 10. The highest BCUT2D eigenvalue weighted by Crippen LogP contribution is 2.26. The van der Waals surface area contributed by atoms with E-state index >= 15 is 0 Å². The largest absolute Gasteiger partial charge is 0.350 e. The number of sulfonamides is 1. The third-order valence-electron chi connectivity index (χ3n) is 5.90. The van der Waals surface area contributed by atoms with Crippen molar-refractivity contribution in [2.24, 2.45) is 0 Å². The molecule has 0 heterocycles. The van der Waals surface area contributed by atoms with Gasteiger partial charge in [-0.2, -0.15) is 0 Å². The number of halogens is 3. The zero-order valence-electron chi connectivity index (χ0n) is 22.7. The second-order valence-electron chi connectivity index (χ2n) is 10.5. The molecule has 1 unspecified atom stereocenters. The Bertz CT molecular complexity index is 1460. The number of nitrogens with zero attached hydrogens (tertiary/aromatic N) is 2. The molecule has 0 bridgehead atoms. The summed E-state index contributed by atoms with van der Waals surface area (Å²) in [6.45, 7) is 5.00. The van der Waals surface area contributed by atoms with Crippen molar-refractivity contribution in [1.29, 1.82) is 0 Å². The Hall–Kier alpha value is -2.59. The molecule has 0 aliphatic carbocycles. The number of hydrogen-bond acceptors (Lipinski definition) is 4. The number of anilines is 1. The topological polar surface area (TPSA) is 86.8 Å². The first-order valence-electron chi connectivity index (χ1n) is 12.5. The lowest BCUT2D eigenvalue weighted by molar-refractivity contribution is -0.140. The van der Waals surface area contributed by atoms with Crippen molar-refractivity contribution in [3.05, 3.63) is 98.4 Å². The van der Waals surface area contributed by atoms with E-state index in [2.05, 4.69) is 21.2 Å². The average molecular weight is 669 g/mol. The molecule has 3 aromatic carbocycles. The zero-order valence-corrected chi connectivity index (χ0v) is 26.6. The molecule has 3 aromatic rings. The second-order valence-corrected chi connectivity index (χ2v) is 14.1. The quantitative estimate of drug-likeness (QED) is 0.284. The van der Waals surface area contributed by atoms with E-state index < -0.39 is 34.1 Å². The number of carbonyl (C=O) groups is 2. The Labute approximate surface area is 254 Å². The Morgan fingerprint density at radius 3 is 2.23 bits per heavy atom. The van der Waals surface area contributed by atoms with E-state index in [4.69, 9.17) is 23.2 Å². The summed E-state index contributed by atoms with van der Waals surface area (Å²) in [5.41, 5.74) is 1.14. The van der Waals surface area contributed by atoms with Crippen LogP contribution in [0.3, 0.4) is 0 Å². The Morgan fingerprint density at radius 2 is 1.65 bits per heavy atom. The molecule has 0 spiro atoms. The van der Waals surface area contributed by atoms with E-state index in [0.717, 1.165) is 16.1 Å². The molecule has 0 saturated heterocycles. The smallest absolute Gasteiger partial charge is 0.244 e. The molecule has 7 nitrogen and oxygen atoms in total. The van der Waals surface area contributed by atoms with Gasteiger partial charge in [-0.1, -0.05) is 81.6 Å². The summed E-state index contributed by atoms with van der Waals surface area (Å²) in [5, 5.41) is 3.73. The summed E-state index contributed by atoms with van der Waals surface area (Å²) in [6.07, 6.45) is 1.24. The summed E-state index contributed by atoms with van der Waals surface area (Å²) in [5.74, 6) is -0.940. The van der Waals surface area contributed by atoms with Crippen molar-refractivity contribution >= 4 is 66.7 Å². The molecule has 11 heteroatoms. The van der Waals surface area contributed by atoms with Gasteiger partial charge in [-0.25, -0.2) is 8.42 Å². The van der Waals surface area contributed by atoms with Gasteiger partial charge < -0.3 is 10.2 Å². The number of benzene rings is 3. The number of amides is 2. The van der Waals surface area contributed by atoms with Crippen LogP contribution >= 0.6 is 39.1 Å². The van der Waals surface area contributed by atoms with Gasteiger partial charge in [0.1, 0.15) is 12.6 Å². The summed E-state index contributed by atoms with van der Waals surface area (Å²) in [7, 11) is -3.86. The van der Waals surface area contributed by atoms with E-state index in [1.54, 1.807) is 42.5 Å². The van der Waals surface area contributed by atoms with Crippen LogP contribution in [0.2, 0.25) is 10.0 Å². The van der Waals surface area contributed by atoms with Crippen molar-refractivity contribution in [2.45, 2.75) is 45.3 Å². The summed E-state index contributed by atoms with van der Waals surface area (Å²) >= 11 is 16.0. The number of hydrogen-bond donors (Lipinski definition) is 1. The minimum atomic E-state index is -3.86. The van der Waals surface area contributed by atoms with Gasteiger partial charge in [0.15, 0.2) is 0 Å². The molecule has 1 N–H and O–H groups in total. The number of nitrogens with one attached hydrogen (secondary N) is 1. The van der Waals surface area contributed by atoms with E-state index in [1.165, 1.54) is 4.90 Å². The molecule has 0 aromatic heterocycles. The van der Waals surface area contributed by atoms with Crippen molar-refractivity contribution in [3.8, 4) is 0 Å². The lowest BCUT2D eigenvalue weighted by Gasteiger charge is -2.35. The van der Waals surface area contributed by atoms with Crippen LogP contribution in [-0.2, 0) is 32.6 Å². The highest BCUT2D eigenvalue weighted by atomic mass is 79.9. The second kappa shape index (κ2) is 13.4. The number of carbonyl (C=O) groups excluding carboxylic acids is 2. The van der Waals surface area contributed by atoms with Crippen LogP contribution < -0.4 is 9.62 Å². The lowest BCUT2D eigenvalue weighted by Crippen LogP contribution is -2.56. The van der Waals surface area contributed by atoms with Crippen molar-refractivity contribution in [2.75, 3.05) is 17.1 Å². The van der Waals surface area contributed by atoms with Gasteiger partial charge in [-0.05, 0) is 62.2 Å². The first-order chi connectivity index (χ1) is 18.6. The van der Waals surface area contributed by atoms with Gasteiger partial charge in [0.2, 0.25) is 21.8 Å². The van der Waals surface area contributed by atoms with E-state index in [-0.39, 0.29) is 18.9 Å². The first-order valence-corrected chi connectivity index (χ1v) is 15.9. The fourth-order valence-corrected chi connectivity index (χ4v) is 5.78. The van der Waals surface area contributed by atoms with Gasteiger partial charge in [0.25, 0.3) is 0 Å². The predicted molar refractivity (Wildman–Crippen MR) is 165 cm³/mol. The molecule has 2 amide bonds. The fraction of sp³-hybridized carbons (Fsp3) is 0.310. The van der Waals surface area contributed by atoms with Crippen LogP contribution in [0.4, 0.5) is 5.69 Å². The third-order valence-corrected chi connectivity index (χ3v) is 8.12. The normalized spacial score (nSPS) is 12.5. The van der Waals surface area contributed by atoms with Crippen LogP contribution in [0.5, 0.6) is 0 Å². The van der Waals surface area contributed by atoms with Gasteiger partial charge in [-0.3, -0.25) is 13.9 Å². The molecule has 40 heavy (non-hydrogen) atoms. The zero-order chi connectivity index (χ0) is 29.7. The van der Waals surface area contributed by atoms with Crippen LogP contribution in [0.15, 0.2) is 77.3 Å². The van der Waals surface area contributed by atoms with Gasteiger partial charge in [-0.15, -0.1) is 0 Å². The molecule has 0 radical (unpaired) electrons. The molecule has 1 atom stereocenters. The maximum absolute atomic E-state index is 14.1. The minimum Gasteiger partial charge on any atom is -0.350 e. The van der Waals surface area contributed by atoms with E-state index in [0.29, 0.717) is 25.8 Å². The Morgan fingerprint density at radius 1 is 0.975 bits per heavy atom. The fourth-order valence-electron chi connectivity index (χ4n) is 4.09. The van der Waals surface area contributed by atoms with E-state index in [1.807, 2.05) is 51.1 Å². The first kappa shape index (κ1) is 31.9. The third kappa shape index (κ3) is 9.23. The Balaban J connectivity index is 2.10. The summed E-state index contributed by atoms with van der Waals surface area (Å²) < 4.78 is 27.4. The van der Waals surface area contributed by atoms with Crippen molar-refractivity contribution in [3.63, 3.8) is 0 Å². The van der Waals surface area contributed by atoms with Gasteiger partial charge in [0, 0.05) is 33.0 Å². The average Bonchev–Trinajstić information content (AvgIpc) is 2.84. The monoisotopic (exact) mass is 667 g/mol. The van der Waals surface area contributed by atoms with Gasteiger partial charge >= 0.3 is 0 Å². The SMILES string of the molecule is CC(C)(C)NC(=O)C(Cc1ccccc1)N(Cc1ccc(Cl)cc1Cl)C(=O)CN(c1cccc(Br)c1)S(C)(=O)=O. The molecule has 0 fully saturated rings. The maximum Gasteiger partial charge on any atom is 0.244 e. The molecular formula is C29H32BrCl2N3O4S. The van der Waals surface area contributed by atoms with Crippen molar-refractivity contribution < 1.29 is 18.0 Å². The Kier molecular flexibility index (Phi) is 10.7. The molecule has 214 valence electrons. The van der Waals surface area contributed by atoms with Crippen LogP contribution in [-0.4, -0.2) is 49.5 Å². The lowest BCUT2D eigenvalue weighted by atomic mass is 10.0. The molecule has 0 aliphatic heterocycles. The summed E-state index contributed by atoms with van der Waals surface area (Å²) in [4.78, 5) is 29.2. The summed E-state index contributed by atoms with van der Waals surface area (Å²) in [6, 6.07) is 19.9. The van der Waals surface area contributed by atoms with Crippen LogP contribution in [0.25, 0.3) is 0 Å². The van der Waals surface area contributed by atoms with Gasteiger partial charge in [0.05, 0.1) is 11.9 Å². The maximum atomic E-state index is 14.1. The highest BCUT2D eigenvalue weighted by Gasteiger charge is 2.34. The molecule has 0 saturated carbocycles. The predicted octanol–water partition coefficient (Wildman–Crippen LogP) is 6.08. The van der Waals surface area contributed by atoms with Crippen LogP contribution in [0, 0.1) is 0 Å². The standard InChI is InChI=1S/C29H32BrCl2N3O4S/c1-29(2,3)33-28(37)26(15-20-9-6-5-7-10-20)34(18-21-13-14-23(31)17-25(21)32)27(36)19-35(40(4,38)39)24-12-8-11-22(30)16-24/h5-14,16-17,26H,15,18-19H2,1-4H3,(H,33,37).